The van der Waals surface area contributed by atoms with Crippen molar-refractivity contribution in [3.63, 3.8) is 0 Å². The van der Waals surface area contributed by atoms with E-state index in [1.165, 1.54) is 6.26 Å². The number of ether oxygens (including phenoxy) is 2. The number of allylic oxidation sites excluding steroid dienone is 2. The summed E-state index contributed by atoms with van der Waals surface area (Å²) < 4.78 is 9.97. The van der Waals surface area contributed by atoms with Crippen molar-refractivity contribution in [1.29, 1.82) is 0 Å². The zero-order valence-corrected chi connectivity index (χ0v) is 14.2. The van der Waals surface area contributed by atoms with Crippen LogP contribution in [0.2, 0.25) is 0 Å². The largest absolute Gasteiger partial charge is 0.502 e. The smallest absolute Gasteiger partial charge is 0.0895 e. The average Bonchev–Trinajstić information content (AvgIpc) is 2.51. The number of hydrogen-bond donors (Lipinski definition) is 2. The Bertz CT molecular complexity index is 242. The fraction of sp³-hybridized carbons (Fsp3) is 0.667. The molecule has 0 rings (SSSR count). The predicted molar refractivity (Wildman–Crippen MR) is 92.2 cm³/mol. The maximum Gasteiger partial charge on any atom is 0.0895 e. The molecule has 0 aliphatic heterocycles. The highest BCUT2D eigenvalue weighted by Gasteiger charge is 1.87. The minimum absolute atomic E-state index is 0.263. The molecule has 0 heterocycles. The highest BCUT2D eigenvalue weighted by molar-refractivity contribution is 4.79. The van der Waals surface area contributed by atoms with Crippen LogP contribution in [0.4, 0.5) is 0 Å². The number of hydrogen-bond acceptors (Lipinski definition) is 4. The van der Waals surface area contributed by atoms with Gasteiger partial charge in [0.2, 0.25) is 0 Å². The third-order valence-electron chi connectivity index (χ3n) is 2.45. The van der Waals surface area contributed by atoms with E-state index < -0.39 is 0 Å². The van der Waals surface area contributed by atoms with Gasteiger partial charge in [-0.25, -0.2) is 0 Å². The highest BCUT2D eigenvalue weighted by Crippen LogP contribution is 1.98. The molecular weight excluding hydrogens is 280 g/mol. The van der Waals surface area contributed by atoms with E-state index in [0.29, 0.717) is 5.92 Å². The van der Waals surface area contributed by atoms with Crippen LogP contribution in [0.3, 0.4) is 0 Å². The summed E-state index contributed by atoms with van der Waals surface area (Å²) >= 11 is 0. The van der Waals surface area contributed by atoms with Crippen LogP contribution in [0.15, 0.2) is 37.5 Å². The first-order chi connectivity index (χ1) is 10.7. The Morgan fingerprint density at radius 3 is 1.73 bits per heavy atom. The van der Waals surface area contributed by atoms with Gasteiger partial charge in [-0.2, -0.15) is 0 Å². The van der Waals surface area contributed by atoms with E-state index in [0.717, 1.165) is 45.1 Å². The van der Waals surface area contributed by atoms with Crippen molar-refractivity contribution in [3.8, 4) is 0 Å². The molecule has 2 N–H and O–H groups in total. The third-order valence-corrected chi connectivity index (χ3v) is 2.45. The van der Waals surface area contributed by atoms with E-state index in [2.05, 4.69) is 20.4 Å². The van der Waals surface area contributed by atoms with Gasteiger partial charge in [0.05, 0.1) is 25.4 Å². The Balaban J connectivity index is 0. The van der Waals surface area contributed by atoms with Gasteiger partial charge in [0.25, 0.3) is 0 Å². The van der Waals surface area contributed by atoms with Gasteiger partial charge < -0.3 is 19.7 Å². The lowest BCUT2D eigenvalue weighted by atomic mass is 10.2. The molecule has 22 heavy (non-hydrogen) atoms. The van der Waals surface area contributed by atoms with Gasteiger partial charge in [-0.3, -0.25) is 0 Å². The second kappa shape index (κ2) is 22.0. The second-order valence-electron chi connectivity index (χ2n) is 5.21. The molecule has 0 aromatic carbocycles. The summed E-state index contributed by atoms with van der Waals surface area (Å²) in [5.74, 6) is 0.609. The Morgan fingerprint density at radius 1 is 0.909 bits per heavy atom. The van der Waals surface area contributed by atoms with Crippen LogP contribution in [0, 0.1) is 5.92 Å². The van der Waals surface area contributed by atoms with E-state index >= 15 is 0 Å². The van der Waals surface area contributed by atoms with E-state index in [1.807, 2.05) is 12.2 Å². The van der Waals surface area contributed by atoms with Crippen LogP contribution in [-0.4, -0.2) is 30.0 Å². The molecule has 0 amide bonds. The van der Waals surface area contributed by atoms with Crippen molar-refractivity contribution >= 4 is 0 Å². The zero-order chi connectivity index (χ0) is 16.9. The molecule has 0 saturated carbocycles. The van der Waals surface area contributed by atoms with Crippen LogP contribution in [0.5, 0.6) is 0 Å². The van der Waals surface area contributed by atoms with E-state index in [1.54, 1.807) is 12.5 Å². The summed E-state index contributed by atoms with van der Waals surface area (Å²) in [7, 11) is 0. The van der Waals surface area contributed by atoms with Gasteiger partial charge in [-0.05, 0) is 56.6 Å². The SMILES string of the molecule is C=COCC(C)C.OCCCCC=COC=CCCCCO. The van der Waals surface area contributed by atoms with Crippen LogP contribution in [0.1, 0.15) is 52.4 Å². The fourth-order valence-corrected chi connectivity index (χ4v) is 1.30. The maximum atomic E-state index is 8.53. The average molecular weight is 314 g/mol. The van der Waals surface area contributed by atoms with Crippen molar-refractivity contribution in [2.24, 2.45) is 5.92 Å². The first kappa shape index (κ1) is 23.0. The summed E-state index contributed by atoms with van der Waals surface area (Å²) in [6.07, 6.45) is 14.3. The molecule has 0 bridgehead atoms. The Morgan fingerprint density at radius 2 is 1.41 bits per heavy atom. The lowest BCUT2D eigenvalue weighted by molar-refractivity contribution is 0.212. The van der Waals surface area contributed by atoms with Gasteiger partial charge >= 0.3 is 0 Å². The molecule has 0 unspecified atom stereocenters. The maximum absolute atomic E-state index is 8.53. The quantitative estimate of drug-likeness (QED) is 0.396. The summed E-state index contributed by atoms with van der Waals surface area (Å²) in [5, 5.41) is 17.1. The van der Waals surface area contributed by atoms with Gasteiger partial charge in [0.1, 0.15) is 0 Å². The predicted octanol–water partition coefficient (Wildman–Crippen LogP) is 4.16. The number of aliphatic hydroxyl groups excluding tert-OH is 2. The van der Waals surface area contributed by atoms with Gasteiger partial charge in [-0.1, -0.05) is 20.4 Å². The molecule has 0 fully saturated rings. The first-order valence-corrected chi connectivity index (χ1v) is 8.08. The Hall–Kier alpha value is -1.26. The molecule has 4 heteroatoms. The van der Waals surface area contributed by atoms with Crippen molar-refractivity contribution in [3.05, 3.63) is 37.5 Å². The lowest BCUT2D eigenvalue weighted by Gasteiger charge is -2.00. The van der Waals surface area contributed by atoms with Gasteiger partial charge in [0, 0.05) is 13.2 Å². The molecule has 4 nitrogen and oxygen atoms in total. The lowest BCUT2D eigenvalue weighted by Crippen LogP contribution is -1.95. The van der Waals surface area contributed by atoms with Crippen molar-refractivity contribution in [2.45, 2.75) is 52.4 Å². The van der Waals surface area contributed by atoms with Gasteiger partial charge in [-0.15, -0.1) is 0 Å². The Labute approximate surface area is 136 Å². The van der Waals surface area contributed by atoms with Crippen LogP contribution < -0.4 is 0 Å². The molecule has 0 aromatic heterocycles. The molecular formula is C18H34O4. The van der Waals surface area contributed by atoms with Crippen LogP contribution in [-0.2, 0) is 9.47 Å². The number of aliphatic hydroxyl groups is 2. The third kappa shape index (κ3) is 27.1. The molecule has 0 spiro atoms. The van der Waals surface area contributed by atoms with Crippen molar-refractivity contribution in [2.75, 3.05) is 19.8 Å². The minimum atomic E-state index is 0.263. The minimum Gasteiger partial charge on any atom is -0.502 e. The van der Waals surface area contributed by atoms with Crippen molar-refractivity contribution in [1.82, 2.24) is 0 Å². The summed E-state index contributed by atoms with van der Waals surface area (Å²) in [6.45, 7) is 8.92. The summed E-state index contributed by atoms with van der Waals surface area (Å²) in [5.41, 5.74) is 0. The molecule has 0 aliphatic rings. The van der Waals surface area contributed by atoms with Crippen LogP contribution >= 0.6 is 0 Å². The summed E-state index contributed by atoms with van der Waals surface area (Å²) in [4.78, 5) is 0. The van der Waals surface area contributed by atoms with E-state index in [-0.39, 0.29) is 13.2 Å². The van der Waals surface area contributed by atoms with E-state index in [9.17, 15) is 0 Å². The molecule has 0 atom stereocenters. The molecule has 130 valence electrons. The van der Waals surface area contributed by atoms with E-state index in [4.69, 9.17) is 19.7 Å². The standard InChI is InChI=1S/C12H22O3.C6H12O/c13-9-5-1-3-7-11-15-12-8-4-2-6-10-14;1-4-7-5-6(2)3/h7-8,11-14H,1-6,9-10H2;4,6H,1,5H2,2-3H3. The Kier molecular flexibility index (Phi) is 23.0. The number of rotatable bonds is 13. The number of unbranched alkanes of at least 4 members (excludes halogenated alkanes) is 4. The molecule has 0 aromatic rings. The van der Waals surface area contributed by atoms with Crippen molar-refractivity contribution < 1.29 is 19.7 Å². The first-order valence-electron chi connectivity index (χ1n) is 8.08. The normalized spacial score (nSPS) is 10.8. The monoisotopic (exact) mass is 314 g/mol. The highest BCUT2D eigenvalue weighted by atomic mass is 16.5. The van der Waals surface area contributed by atoms with Crippen LogP contribution in [0.25, 0.3) is 0 Å². The molecule has 0 aliphatic carbocycles. The topological polar surface area (TPSA) is 58.9 Å². The summed E-state index contributed by atoms with van der Waals surface area (Å²) in [6, 6.07) is 0. The molecule has 0 saturated heterocycles. The fourth-order valence-electron chi connectivity index (χ4n) is 1.30. The molecule has 0 radical (unpaired) electrons. The zero-order valence-electron chi connectivity index (χ0n) is 14.2. The van der Waals surface area contributed by atoms with Gasteiger partial charge in [0.15, 0.2) is 0 Å². The second-order valence-corrected chi connectivity index (χ2v) is 5.21.